The molecule has 0 aliphatic heterocycles. The molecule has 3 aromatic carbocycles. The van der Waals surface area contributed by atoms with Crippen LogP contribution in [-0.2, 0) is 9.47 Å². The third-order valence-corrected chi connectivity index (χ3v) is 8.35. The van der Waals surface area contributed by atoms with Crippen LogP contribution in [0, 0.1) is 0 Å². The van der Waals surface area contributed by atoms with Crippen molar-refractivity contribution in [3.63, 3.8) is 0 Å². The molecule has 1 atom stereocenters. The van der Waals surface area contributed by atoms with Crippen molar-refractivity contribution in [1.29, 1.82) is 0 Å². The third kappa shape index (κ3) is 6.75. The molecule has 2 saturated carbocycles. The molecule has 0 aromatic heterocycles. The van der Waals surface area contributed by atoms with Crippen molar-refractivity contribution in [2.45, 2.75) is 82.1 Å². The van der Waals surface area contributed by atoms with Crippen LogP contribution < -0.4 is 0 Å². The molecule has 0 amide bonds. The van der Waals surface area contributed by atoms with Crippen LogP contribution in [0.4, 0.5) is 0 Å². The van der Waals surface area contributed by atoms with E-state index in [0.29, 0.717) is 23.2 Å². The Morgan fingerprint density at radius 1 is 0.684 bits per heavy atom. The molecule has 0 saturated heterocycles. The first-order chi connectivity index (χ1) is 18.7. The molecule has 2 aliphatic rings. The van der Waals surface area contributed by atoms with Gasteiger partial charge in [-0.15, -0.1) is 0 Å². The summed E-state index contributed by atoms with van der Waals surface area (Å²) in [6, 6.07) is 26.5. The van der Waals surface area contributed by atoms with Gasteiger partial charge in [-0.1, -0.05) is 112 Å². The highest BCUT2D eigenvalue weighted by Crippen LogP contribution is 2.34. The van der Waals surface area contributed by atoms with E-state index >= 15 is 0 Å². The van der Waals surface area contributed by atoms with Gasteiger partial charge in [0.25, 0.3) is 0 Å². The van der Waals surface area contributed by atoms with Gasteiger partial charge >= 0.3 is 5.97 Å². The van der Waals surface area contributed by atoms with Gasteiger partial charge in [0.2, 0.25) is 0 Å². The van der Waals surface area contributed by atoms with Gasteiger partial charge in [0.05, 0.1) is 5.56 Å². The van der Waals surface area contributed by atoms with Crippen molar-refractivity contribution >= 4 is 11.7 Å². The summed E-state index contributed by atoms with van der Waals surface area (Å²) < 4.78 is 12.1. The number of carbonyl (C=O) groups excluding carboxylic acids is 1. The maximum absolute atomic E-state index is 12.9. The lowest BCUT2D eigenvalue weighted by Crippen LogP contribution is -2.15. The quantitative estimate of drug-likeness (QED) is 0.213. The predicted molar refractivity (Wildman–Crippen MR) is 154 cm³/mol. The number of hydrogen-bond donors (Lipinski definition) is 0. The number of ether oxygens (including phenoxy) is 2. The van der Waals surface area contributed by atoms with Gasteiger partial charge in [-0.3, -0.25) is 0 Å². The summed E-state index contributed by atoms with van der Waals surface area (Å²) in [6.45, 7) is 4.33. The Bertz CT molecular complexity index is 1170. The molecule has 0 heterocycles. The Labute approximate surface area is 227 Å². The number of esters is 1. The molecular formula is C35H40O3. The summed E-state index contributed by atoms with van der Waals surface area (Å²) in [5.41, 5.74) is 5.22. The highest BCUT2D eigenvalue weighted by molar-refractivity contribution is 5.89. The number of rotatable bonds is 9. The Balaban J connectivity index is 1.22. The average molecular weight is 509 g/mol. The first-order valence-corrected chi connectivity index (χ1v) is 14.5. The second-order valence-corrected chi connectivity index (χ2v) is 11.0. The van der Waals surface area contributed by atoms with Crippen LogP contribution in [0.15, 0.2) is 85.4 Å². The van der Waals surface area contributed by atoms with Crippen LogP contribution in [-0.4, -0.2) is 12.6 Å². The monoisotopic (exact) mass is 508 g/mol. The van der Waals surface area contributed by atoms with Crippen LogP contribution in [0.3, 0.4) is 0 Å². The van der Waals surface area contributed by atoms with Crippen molar-refractivity contribution in [3.05, 3.63) is 113 Å². The summed E-state index contributed by atoms with van der Waals surface area (Å²) in [5, 5.41) is 0. The standard InChI is InChI=1S/C35H40O3/c1-26(27-17-19-30(20-18-27)28-11-5-2-6-12-28)38-34(32-15-9-4-10-16-32)25-37-35(36)33-23-21-31(22-24-33)29-13-7-3-8-14-29/h4,9-10,15-24,28-29,34H,1-3,5-8,11-14,25H2. The molecule has 0 bridgehead atoms. The average Bonchev–Trinajstić information content (AvgIpc) is 3.00. The minimum atomic E-state index is -0.438. The molecule has 0 radical (unpaired) electrons. The lowest BCUT2D eigenvalue weighted by atomic mass is 9.84. The predicted octanol–water partition coefficient (Wildman–Crippen LogP) is 9.37. The van der Waals surface area contributed by atoms with E-state index in [1.54, 1.807) is 0 Å². The van der Waals surface area contributed by atoms with E-state index in [2.05, 4.69) is 43.0 Å². The van der Waals surface area contributed by atoms with Gasteiger partial charge in [0, 0.05) is 5.56 Å². The minimum Gasteiger partial charge on any atom is -0.482 e. The number of carbonyl (C=O) groups is 1. The fourth-order valence-electron chi connectivity index (χ4n) is 6.04. The van der Waals surface area contributed by atoms with Crippen molar-refractivity contribution < 1.29 is 14.3 Å². The minimum absolute atomic E-state index is 0.117. The zero-order chi connectivity index (χ0) is 26.2. The van der Waals surface area contributed by atoms with Gasteiger partial charge in [-0.05, 0) is 66.3 Å². The highest BCUT2D eigenvalue weighted by atomic mass is 16.6. The van der Waals surface area contributed by atoms with Gasteiger partial charge in [-0.2, -0.15) is 0 Å². The van der Waals surface area contributed by atoms with Crippen molar-refractivity contribution in [2.24, 2.45) is 0 Å². The Morgan fingerprint density at radius 2 is 1.18 bits per heavy atom. The van der Waals surface area contributed by atoms with Crippen LogP contribution in [0.5, 0.6) is 0 Å². The smallest absolute Gasteiger partial charge is 0.338 e. The Hall–Kier alpha value is -3.33. The van der Waals surface area contributed by atoms with Crippen LogP contribution >= 0.6 is 0 Å². The van der Waals surface area contributed by atoms with Gasteiger partial charge in [0.15, 0.2) is 6.10 Å². The van der Waals surface area contributed by atoms with E-state index in [4.69, 9.17) is 9.47 Å². The normalized spacial score (nSPS) is 17.5. The summed E-state index contributed by atoms with van der Waals surface area (Å²) in [7, 11) is 0. The van der Waals surface area contributed by atoms with Crippen LogP contribution in [0.2, 0.25) is 0 Å². The molecule has 38 heavy (non-hydrogen) atoms. The second-order valence-electron chi connectivity index (χ2n) is 11.0. The zero-order valence-electron chi connectivity index (χ0n) is 22.4. The van der Waals surface area contributed by atoms with Crippen LogP contribution in [0.25, 0.3) is 5.76 Å². The summed E-state index contributed by atoms with van der Waals surface area (Å²) >= 11 is 0. The molecule has 1 unspecified atom stereocenters. The van der Waals surface area contributed by atoms with Crippen molar-refractivity contribution in [1.82, 2.24) is 0 Å². The van der Waals surface area contributed by atoms with Gasteiger partial charge in [0.1, 0.15) is 12.4 Å². The van der Waals surface area contributed by atoms with E-state index in [1.807, 2.05) is 42.5 Å². The first kappa shape index (κ1) is 26.3. The molecule has 198 valence electrons. The Morgan fingerprint density at radius 3 is 1.71 bits per heavy atom. The van der Waals surface area contributed by atoms with E-state index < -0.39 is 6.10 Å². The molecule has 0 N–H and O–H groups in total. The third-order valence-electron chi connectivity index (χ3n) is 8.35. The second kappa shape index (κ2) is 13.0. The molecule has 3 aromatic rings. The SMILES string of the molecule is C=C(OC(COC(=O)c1ccc(C2CCCCC2)cc1)c1ccccc1)c1ccc(C2CCCCC2)cc1. The van der Waals surface area contributed by atoms with E-state index in [9.17, 15) is 4.79 Å². The fraction of sp³-hybridized carbons (Fsp3) is 0.400. The largest absolute Gasteiger partial charge is 0.482 e. The molecular weight excluding hydrogens is 468 g/mol. The summed E-state index contributed by atoms with van der Waals surface area (Å²) in [6.07, 6.45) is 12.5. The zero-order valence-corrected chi connectivity index (χ0v) is 22.4. The number of hydrogen-bond acceptors (Lipinski definition) is 3. The Kier molecular flexibility index (Phi) is 8.96. The maximum atomic E-state index is 12.9. The van der Waals surface area contributed by atoms with Gasteiger partial charge < -0.3 is 9.47 Å². The topological polar surface area (TPSA) is 35.5 Å². The van der Waals surface area contributed by atoms with Crippen molar-refractivity contribution in [2.75, 3.05) is 6.61 Å². The number of benzene rings is 3. The lowest BCUT2D eigenvalue weighted by Gasteiger charge is -2.23. The molecule has 2 aliphatic carbocycles. The van der Waals surface area contributed by atoms with E-state index in [1.165, 1.54) is 75.3 Å². The highest BCUT2D eigenvalue weighted by Gasteiger charge is 2.20. The first-order valence-electron chi connectivity index (χ1n) is 14.5. The molecule has 0 spiro atoms. The van der Waals surface area contributed by atoms with Gasteiger partial charge in [-0.25, -0.2) is 4.79 Å². The molecule has 5 rings (SSSR count). The van der Waals surface area contributed by atoms with E-state index in [0.717, 1.165) is 11.1 Å². The maximum Gasteiger partial charge on any atom is 0.338 e. The fourth-order valence-corrected chi connectivity index (χ4v) is 6.04. The lowest BCUT2D eigenvalue weighted by molar-refractivity contribution is 0.0254. The molecule has 3 heteroatoms. The van der Waals surface area contributed by atoms with Crippen molar-refractivity contribution in [3.8, 4) is 0 Å². The molecule has 3 nitrogen and oxygen atoms in total. The summed E-state index contributed by atoms with van der Waals surface area (Å²) in [4.78, 5) is 12.9. The summed E-state index contributed by atoms with van der Waals surface area (Å²) in [5.74, 6) is 1.54. The van der Waals surface area contributed by atoms with Crippen LogP contribution in [0.1, 0.15) is 115 Å². The van der Waals surface area contributed by atoms with E-state index in [-0.39, 0.29) is 12.6 Å². The molecule has 2 fully saturated rings.